The second kappa shape index (κ2) is 11.8. The van der Waals surface area contributed by atoms with E-state index in [0.717, 1.165) is 76.4 Å². The summed E-state index contributed by atoms with van der Waals surface area (Å²) in [5, 5.41) is 15.4. The first kappa shape index (κ1) is 23.2. The molecule has 1 fully saturated rings. The molecule has 0 amide bonds. The molecule has 0 unspecified atom stereocenters. The molecule has 3 rings (SSSR count). The van der Waals surface area contributed by atoms with Crippen molar-refractivity contribution in [1.29, 1.82) is 0 Å². The lowest BCUT2D eigenvalue weighted by molar-refractivity contribution is 0.0376. The molecule has 2 N–H and O–H groups in total. The highest BCUT2D eigenvalue weighted by molar-refractivity contribution is 5.79. The fourth-order valence-corrected chi connectivity index (χ4v) is 3.80. The van der Waals surface area contributed by atoms with E-state index in [2.05, 4.69) is 57.8 Å². The number of guanidine groups is 1. The van der Waals surface area contributed by atoms with Gasteiger partial charge in [0, 0.05) is 33.2 Å². The molecule has 2 aromatic rings. The van der Waals surface area contributed by atoms with Gasteiger partial charge in [-0.3, -0.25) is 4.90 Å². The molecule has 8 heteroatoms. The summed E-state index contributed by atoms with van der Waals surface area (Å²) in [7, 11) is 1.98. The number of rotatable bonds is 9. The third kappa shape index (κ3) is 7.04. The maximum atomic E-state index is 5.43. The lowest BCUT2D eigenvalue weighted by Gasteiger charge is -2.26. The van der Waals surface area contributed by atoms with Crippen LogP contribution in [0.4, 0.5) is 0 Å². The summed E-state index contributed by atoms with van der Waals surface area (Å²) in [5.74, 6) is 2.59. The Labute approximate surface area is 186 Å². The Morgan fingerprint density at radius 2 is 1.77 bits per heavy atom. The van der Waals surface area contributed by atoms with Crippen LogP contribution in [0, 0.1) is 20.8 Å². The molecule has 0 radical (unpaired) electrons. The van der Waals surface area contributed by atoms with E-state index in [9.17, 15) is 0 Å². The van der Waals surface area contributed by atoms with Gasteiger partial charge >= 0.3 is 0 Å². The van der Waals surface area contributed by atoms with Crippen molar-refractivity contribution in [2.75, 3.05) is 45.9 Å². The zero-order valence-electron chi connectivity index (χ0n) is 19.4. The molecule has 1 aliphatic rings. The molecule has 0 bridgehead atoms. The lowest BCUT2D eigenvalue weighted by atomic mass is 10.0. The molecule has 0 saturated carbocycles. The predicted octanol–water partition coefficient (Wildman–Crippen LogP) is 1.74. The molecule has 170 valence electrons. The van der Waals surface area contributed by atoms with Crippen LogP contribution in [-0.4, -0.2) is 71.6 Å². The second-order valence-electron chi connectivity index (χ2n) is 8.17. The number of benzene rings is 1. The first-order chi connectivity index (χ1) is 15.0. The Hall–Kier alpha value is -2.45. The van der Waals surface area contributed by atoms with Crippen LogP contribution in [0.3, 0.4) is 0 Å². The quantitative estimate of drug-likeness (QED) is 0.361. The van der Waals surface area contributed by atoms with E-state index in [0.29, 0.717) is 6.54 Å². The van der Waals surface area contributed by atoms with Crippen LogP contribution < -0.4 is 10.6 Å². The zero-order valence-corrected chi connectivity index (χ0v) is 19.4. The number of nitrogens with one attached hydrogen (secondary N) is 2. The summed E-state index contributed by atoms with van der Waals surface area (Å²) in [4.78, 5) is 7.22. The number of aromatic nitrogens is 3. The molecule has 1 aromatic heterocycles. The normalized spacial score (nSPS) is 15.3. The van der Waals surface area contributed by atoms with Gasteiger partial charge in [-0.1, -0.05) is 18.2 Å². The highest BCUT2D eigenvalue weighted by atomic mass is 16.5. The van der Waals surface area contributed by atoms with Crippen molar-refractivity contribution in [3.05, 3.63) is 46.5 Å². The molecule has 0 spiro atoms. The second-order valence-corrected chi connectivity index (χ2v) is 8.17. The summed E-state index contributed by atoms with van der Waals surface area (Å²) in [6, 6.07) is 6.47. The Balaban J connectivity index is 1.53. The fourth-order valence-electron chi connectivity index (χ4n) is 3.80. The average Bonchev–Trinajstić information content (AvgIpc) is 3.09. The SMILES string of the molecule is Cc1cccc(C)c1CCNC(=NCc1nnc(C)n1C)NCCCN1CCOCC1. The van der Waals surface area contributed by atoms with Gasteiger partial charge in [0.05, 0.1) is 13.2 Å². The molecule has 0 aliphatic carbocycles. The van der Waals surface area contributed by atoms with Crippen molar-refractivity contribution in [2.45, 2.75) is 40.2 Å². The highest BCUT2D eigenvalue weighted by Gasteiger charge is 2.10. The molecule has 1 aliphatic heterocycles. The van der Waals surface area contributed by atoms with Gasteiger partial charge in [-0.05, 0) is 56.8 Å². The van der Waals surface area contributed by atoms with Crippen LogP contribution in [0.15, 0.2) is 23.2 Å². The van der Waals surface area contributed by atoms with Crippen molar-refractivity contribution in [3.63, 3.8) is 0 Å². The summed E-state index contributed by atoms with van der Waals surface area (Å²) < 4.78 is 7.41. The van der Waals surface area contributed by atoms with Crippen LogP contribution >= 0.6 is 0 Å². The van der Waals surface area contributed by atoms with Crippen LogP contribution in [0.1, 0.15) is 34.8 Å². The Morgan fingerprint density at radius 3 is 2.45 bits per heavy atom. The summed E-state index contributed by atoms with van der Waals surface area (Å²) in [6.45, 7) is 13.3. The van der Waals surface area contributed by atoms with E-state index >= 15 is 0 Å². The van der Waals surface area contributed by atoms with Crippen molar-refractivity contribution in [2.24, 2.45) is 12.0 Å². The van der Waals surface area contributed by atoms with Gasteiger partial charge in [-0.25, -0.2) is 4.99 Å². The Bertz CT molecular complexity index is 835. The van der Waals surface area contributed by atoms with Gasteiger partial charge < -0.3 is 19.9 Å². The van der Waals surface area contributed by atoms with Crippen LogP contribution in [0.25, 0.3) is 0 Å². The number of morpholine rings is 1. The smallest absolute Gasteiger partial charge is 0.191 e. The first-order valence-corrected chi connectivity index (χ1v) is 11.3. The monoisotopic (exact) mass is 427 g/mol. The summed E-state index contributed by atoms with van der Waals surface area (Å²) >= 11 is 0. The van der Waals surface area contributed by atoms with E-state index in [1.165, 1.54) is 16.7 Å². The minimum atomic E-state index is 0.500. The fraction of sp³-hybridized carbons (Fsp3) is 0.609. The summed E-state index contributed by atoms with van der Waals surface area (Å²) in [5.41, 5.74) is 4.09. The molecular weight excluding hydrogens is 390 g/mol. The van der Waals surface area contributed by atoms with Gasteiger partial charge in [-0.2, -0.15) is 0 Å². The number of aliphatic imine (C=N–C) groups is 1. The summed E-state index contributed by atoms with van der Waals surface area (Å²) in [6.07, 6.45) is 2.04. The van der Waals surface area contributed by atoms with E-state index in [-0.39, 0.29) is 0 Å². The molecule has 0 atom stereocenters. The number of ether oxygens (including phenoxy) is 1. The lowest BCUT2D eigenvalue weighted by Crippen LogP contribution is -2.41. The zero-order chi connectivity index (χ0) is 22.1. The molecule has 1 aromatic carbocycles. The molecule has 31 heavy (non-hydrogen) atoms. The predicted molar refractivity (Wildman–Crippen MR) is 124 cm³/mol. The van der Waals surface area contributed by atoms with Crippen LogP contribution in [0.2, 0.25) is 0 Å². The molecule has 1 saturated heterocycles. The van der Waals surface area contributed by atoms with Gasteiger partial charge in [0.25, 0.3) is 0 Å². The molecular formula is C23H37N7O. The number of nitrogens with zero attached hydrogens (tertiary/aromatic N) is 5. The molecule has 2 heterocycles. The van der Waals surface area contributed by atoms with Gasteiger partial charge in [-0.15, -0.1) is 10.2 Å². The van der Waals surface area contributed by atoms with Crippen molar-refractivity contribution in [3.8, 4) is 0 Å². The van der Waals surface area contributed by atoms with E-state index < -0.39 is 0 Å². The first-order valence-electron chi connectivity index (χ1n) is 11.3. The van der Waals surface area contributed by atoms with Crippen molar-refractivity contribution < 1.29 is 4.74 Å². The number of aryl methyl sites for hydroxylation is 3. The highest BCUT2D eigenvalue weighted by Crippen LogP contribution is 2.13. The van der Waals surface area contributed by atoms with E-state index in [1.54, 1.807) is 0 Å². The maximum absolute atomic E-state index is 5.43. The largest absolute Gasteiger partial charge is 0.379 e. The average molecular weight is 428 g/mol. The van der Waals surface area contributed by atoms with Crippen molar-refractivity contribution in [1.82, 2.24) is 30.3 Å². The third-order valence-corrected chi connectivity index (χ3v) is 5.92. The molecule has 8 nitrogen and oxygen atoms in total. The standard InChI is InChI=1S/C23H37N7O/c1-18-7-5-8-19(2)21(18)9-11-25-23(26-17-22-28-27-20(3)29(22)4)24-10-6-12-30-13-15-31-16-14-30/h5,7-8H,6,9-17H2,1-4H3,(H2,24,25,26). The topological polar surface area (TPSA) is 79.6 Å². The van der Waals surface area contributed by atoms with E-state index in [1.807, 2.05) is 18.5 Å². The van der Waals surface area contributed by atoms with Crippen molar-refractivity contribution >= 4 is 5.96 Å². The van der Waals surface area contributed by atoms with Gasteiger partial charge in [0.1, 0.15) is 12.4 Å². The van der Waals surface area contributed by atoms with Crippen LogP contribution in [0.5, 0.6) is 0 Å². The minimum absolute atomic E-state index is 0.500. The Kier molecular flexibility index (Phi) is 8.85. The maximum Gasteiger partial charge on any atom is 0.191 e. The van der Waals surface area contributed by atoms with E-state index in [4.69, 9.17) is 9.73 Å². The minimum Gasteiger partial charge on any atom is -0.379 e. The number of hydrogen-bond donors (Lipinski definition) is 2. The Morgan fingerprint density at radius 1 is 1.06 bits per heavy atom. The number of hydrogen-bond acceptors (Lipinski definition) is 5. The van der Waals surface area contributed by atoms with Crippen LogP contribution in [-0.2, 0) is 24.8 Å². The third-order valence-electron chi connectivity index (χ3n) is 5.92. The van der Waals surface area contributed by atoms with Gasteiger partial charge in [0.15, 0.2) is 11.8 Å². The van der Waals surface area contributed by atoms with Gasteiger partial charge in [0.2, 0.25) is 0 Å².